The number of halogens is 4. The van der Waals surface area contributed by atoms with Gasteiger partial charge in [-0.25, -0.2) is 8.78 Å². The standard InChI is InChI=1S/C12H8BrClF2O/c13-12-8(3-4-17-12)9(14)5-7-1-2-10(15)11(16)6-7/h1-4,6,9H,5H2. The van der Waals surface area contributed by atoms with Crippen LogP contribution in [0.3, 0.4) is 0 Å². The zero-order valence-corrected chi connectivity index (χ0v) is 10.9. The average molecular weight is 322 g/mol. The highest BCUT2D eigenvalue weighted by atomic mass is 79.9. The molecule has 1 atom stereocenters. The molecule has 17 heavy (non-hydrogen) atoms. The smallest absolute Gasteiger partial charge is 0.173 e. The number of rotatable bonds is 3. The summed E-state index contributed by atoms with van der Waals surface area (Å²) in [5.74, 6) is -1.72. The summed E-state index contributed by atoms with van der Waals surface area (Å²) in [6.45, 7) is 0. The zero-order valence-electron chi connectivity index (χ0n) is 8.59. The fraction of sp³-hybridized carbons (Fsp3) is 0.167. The Morgan fingerprint density at radius 1 is 1.24 bits per heavy atom. The molecule has 0 bridgehead atoms. The first-order valence-corrected chi connectivity index (χ1v) is 6.11. The van der Waals surface area contributed by atoms with E-state index in [0.717, 1.165) is 17.7 Å². The van der Waals surface area contributed by atoms with Gasteiger partial charge < -0.3 is 4.42 Å². The number of benzene rings is 1. The van der Waals surface area contributed by atoms with E-state index in [0.29, 0.717) is 16.7 Å². The first-order chi connectivity index (χ1) is 8.08. The van der Waals surface area contributed by atoms with Crippen molar-refractivity contribution in [2.45, 2.75) is 11.8 Å². The maximum atomic E-state index is 13.0. The van der Waals surface area contributed by atoms with Crippen LogP contribution >= 0.6 is 27.5 Å². The number of hydrogen-bond donors (Lipinski definition) is 0. The number of hydrogen-bond acceptors (Lipinski definition) is 1. The molecule has 1 unspecified atom stereocenters. The summed E-state index contributed by atoms with van der Waals surface area (Å²) in [7, 11) is 0. The molecule has 0 aliphatic heterocycles. The van der Waals surface area contributed by atoms with Crippen molar-refractivity contribution in [3.63, 3.8) is 0 Å². The molecule has 1 nitrogen and oxygen atoms in total. The second kappa shape index (κ2) is 5.19. The molecule has 1 aromatic heterocycles. The maximum Gasteiger partial charge on any atom is 0.173 e. The van der Waals surface area contributed by atoms with E-state index in [9.17, 15) is 8.78 Å². The highest BCUT2D eigenvalue weighted by Crippen LogP contribution is 2.31. The third-order valence-electron chi connectivity index (χ3n) is 2.38. The van der Waals surface area contributed by atoms with E-state index in [2.05, 4.69) is 15.9 Å². The van der Waals surface area contributed by atoms with Gasteiger partial charge in [-0.1, -0.05) is 6.07 Å². The highest BCUT2D eigenvalue weighted by Gasteiger charge is 2.15. The maximum absolute atomic E-state index is 13.0. The second-order valence-corrected chi connectivity index (χ2v) is 4.82. The summed E-state index contributed by atoms with van der Waals surface area (Å²) < 4.78 is 31.4. The minimum absolute atomic E-state index is 0.354. The Morgan fingerprint density at radius 2 is 2.00 bits per heavy atom. The van der Waals surface area contributed by atoms with E-state index in [1.54, 1.807) is 6.07 Å². The van der Waals surface area contributed by atoms with E-state index in [4.69, 9.17) is 16.0 Å². The Bertz CT molecular complexity index is 527. The van der Waals surface area contributed by atoms with Gasteiger partial charge in [0.05, 0.1) is 11.6 Å². The van der Waals surface area contributed by atoms with Crippen molar-refractivity contribution in [2.24, 2.45) is 0 Å². The van der Waals surface area contributed by atoms with Gasteiger partial charge >= 0.3 is 0 Å². The van der Waals surface area contributed by atoms with Crippen LogP contribution in [0, 0.1) is 11.6 Å². The summed E-state index contributed by atoms with van der Waals surface area (Å²) in [6, 6.07) is 5.50. The Balaban J connectivity index is 2.16. The second-order valence-electron chi connectivity index (χ2n) is 3.57. The minimum Gasteiger partial charge on any atom is -0.457 e. The van der Waals surface area contributed by atoms with Gasteiger partial charge in [0.1, 0.15) is 0 Å². The van der Waals surface area contributed by atoms with Crippen molar-refractivity contribution in [1.29, 1.82) is 0 Å². The lowest BCUT2D eigenvalue weighted by atomic mass is 10.1. The van der Waals surface area contributed by atoms with E-state index >= 15 is 0 Å². The third kappa shape index (κ3) is 2.87. The highest BCUT2D eigenvalue weighted by molar-refractivity contribution is 9.10. The van der Waals surface area contributed by atoms with Gasteiger partial charge in [-0.05, 0) is 46.1 Å². The van der Waals surface area contributed by atoms with Crippen LogP contribution in [0.2, 0.25) is 0 Å². The molecule has 0 amide bonds. The summed E-state index contributed by atoms with van der Waals surface area (Å²) in [5.41, 5.74) is 1.42. The Morgan fingerprint density at radius 3 is 2.59 bits per heavy atom. The summed E-state index contributed by atoms with van der Waals surface area (Å²) in [4.78, 5) is 0. The van der Waals surface area contributed by atoms with Crippen molar-refractivity contribution in [3.8, 4) is 0 Å². The molecule has 1 aromatic carbocycles. The van der Waals surface area contributed by atoms with Crippen LogP contribution < -0.4 is 0 Å². The van der Waals surface area contributed by atoms with Crippen LogP contribution in [0.5, 0.6) is 0 Å². The van der Waals surface area contributed by atoms with Crippen molar-refractivity contribution in [3.05, 3.63) is 58.0 Å². The summed E-state index contributed by atoms with van der Waals surface area (Å²) in [5, 5.41) is -0.354. The molecule has 0 N–H and O–H groups in total. The lowest BCUT2D eigenvalue weighted by molar-refractivity contribution is 0.507. The largest absolute Gasteiger partial charge is 0.457 e. The van der Waals surface area contributed by atoms with Crippen LogP contribution in [0.1, 0.15) is 16.5 Å². The summed E-state index contributed by atoms with van der Waals surface area (Å²) in [6.07, 6.45) is 1.91. The molecule has 0 spiro atoms. The average Bonchev–Trinajstić information content (AvgIpc) is 2.70. The lowest BCUT2D eigenvalue weighted by Crippen LogP contribution is -1.97. The molecule has 0 fully saturated rings. The van der Waals surface area contributed by atoms with Gasteiger partial charge in [0.25, 0.3) is 0 Å². The van der Waals surface area contributed by atoms with Gasteiger partial charge in [0.15, 0.2) is 16.3 Å². The SMILES string of the molecule is Fc1ccc(CC(Cl)c2ccoc2Br)cc1F. The van der Waals surface area contributed by atoms with Crippen molar-refractivity contribution in [2.75, 3.05) is 0 Å². The van der Waals surface area contributed by atoms with E-state index < -0.39 is 11.6 Å². The molecule has 90 valence electrons. The first kappa shape index (κ1) is 12.6. The van der Waals surface area contributed by atoms with Gasteiger partial charge in [0, 0.05) is 5.56 Å². The Hall–Kier alpha value is -0.870. The fourth-order valence-electron chi connectivity index (χ4n) is 1.51. The van der Waals surface area contributed by atoms with Crippen LogP contribution in [0.4, 0.5) is 8.78 Å². The number of furan rings is 1. The normalized spacial score (nSPS) is 12.7. The van der Waals surface area contributed by atoms with Crippen molar-refractivity contribution in [1.82, 2.24) is 0 Å². The molecule has 0 radical (unpaired) electrons. The molecule has 0 aliphatic rings. The monoisotopic (exact) mass is 320 g/mol. The zero-order chi connectivity index (χ0) is 12.4. The molecular formula is C12H8BrClF2O. The molecule has 2 rings (SSSR count). The molecule has 0 aliphatic carbocycles. The van der Waals surface area contributed by atoms with Crippen LogP contribution in [0.25, 0.3) is 0 Å². The fourth-order valence-corrected chi connectivity index (χ4v) is 2.51. The van der Waals surface area contributed by atoms with Crippen LogP contribution in [0.15, 0.2) is 39.6 Å². The number of alkyl halides is 1. The Kier molecular flexibility index (Phi) is 3.84. The molecule has 0 saturated heterocycles. The molecule has 2 aromatic rings. The van der Waals surface area contributed by atoms with Crippen LogP contribution in [-0.4, -0.2) is 0 Å². The molecule has 1 heterocycles. The van der Waals surface area contributed by atoms with Gasteiger partial charge in [-0.15, -0.1) is 11.6 Å². The van der Waals surface area contributed by atoms with Gasteiger partial charge in [-0.2, -0.15) is 0 Å². The van der Waals surface area contributed by atoms with Gasteiger partial charge in [0.2, 0.25) is 0 Å². The predicted molar refractivity (Wildman–Crippen MR) is 65.1 cm³/mol. The predicted octanol–water partition coefficient (Wildman–Crippen LogP) is 4.84. The third-order valence-corrected chi connectivity index (χ3v) is 3.42. The van der Waals surface area contributed by atoms with Crippen molar-refractivity contribution >= 4 is 27.5 Å². The molecule has 0 saturated carbocycles. The quantitative estimate of drug-likeness (QED) is 0.737. The summed E-state index contributed by atoms with van der Waals surface area (Å²) >= 11 is 9.39. The lowest BCUT2D eigenvalue weighted by Gasteiger charge is -2.08. The van der Waals surface area contributed by atoms with E-state index in [1.807, 2.05) is 0 Å². The topological polar surface area (TPSA) is 13.1 Å². The molecule has 5 heteroatoms. The van der Waals surface area contributed by atoms with Crippen LogP contribution in [-0.2, 0) is 6.42 Å². The minimum atomic E-state index is -0.863. The molecular weight excluding hydrogens is 313 g/mol. The first-order valence-electron chi connectivity index (χ1n) is 4.89. The van der Waals surface area contributed by atoms with E-state index in [-0.39, 0.29) is 5.38 Å². The van der Waals surface area contributed by atoms with Crippen molar-refractivity contribution < 1.29 is 13.2 Å². The Labute approximate surface area is 111 Å². The van der Waals surface area contributed by atoms with Gasteiger partial charge in [-0.3, -0.25) is 0 Å². The van der Waals surface area contributed by atoms with E-state index in [1.165, 1.54) is 12.3 Å².